The SMILES string of the molecule is C=CCCn1c(-c2nc3cc(C(=O)OC)cc(OC)c3n2C2CC2)cc2ccc([C@@H](C)N)nc21. The maximum Gasteiger partial charge on any atom is 0.338 e. The molecule has 8 nitrogen and oxygen atoms in total. The Hall–Kier alpha value is -3.65. The van der Waals surface area contributed by atoms with Gasteiger partial charge in [-0.25, -0.2) is 14.8 Å². The first kappa shape index (κ1) is 22.2. The van der Waals surface area contributed by atoms with Crippen LogP contribution in [0.15, 0.2) is 43.0 Å². The topological polar surface area (TPSA) is 97.2 Å². The number of benzene rings is 1. The Bertz CT molecular complexity index is 1410. The molecular weight excluding hydrogens is 430 g/mol. The van der Waals surface area contributed by atoms with Gasteiger partial charge in [0, 0.05) is 24.0 Å². The zero-order valence-corrected chi connectivity index (χ0v) is 19.7. The van der Waals surface area contributed by atoms with Crippen LogP contribution in [0, 0.1) is 0 Å². The molecule has 1 fully saturated rings. The van der Waals surface area contributed by atoms with Gasteiger partial charge < -0.3 is 24.3 Å². The van der Waals surface area contributed by atoms with Crippen molar-refractivity contribution in [1.82, 2.24) is 19.1 Å². The van der Waals surface area contributed by atoms with Crippen LogP contribution in [0.25, 0.3) is 33.6 Å². The molecule has 176 valence electrons. The van der Waals surface area contributed by atoms with E-state index in [4.69, 9.17) is 25.2 Å². The van der Waals surface area contributed by atoms with Crippen molar-refractivity contribution >= 4 is 28.0 Å². The lowest BCUT2D eigenvalue weighted by Crippen LogP contribution is -2.09. The third-order valence-electron chi connectivity index (χ3n) is 6.32. The standard InChI is InChI=1S/C26H29N5O3/c1-5-6-11-30-21(13-16-7-10-19(15(2)27)28-24(16)30)25-29-20-12-17(26(32)34-4)14-22(33-3)23(20)31(25)18-8-9-18/h5,7,10,12-15,18H,1,6,8-9,11,27H2,2-4H3/t15-/m1/s1. The van der Waals surface area contributed by atoms with Crippen LogP contribution in [0.1, 0.15) is 54.3 Å². The van der Waals surface area contributed by atoms with Gasteiger partial charge in [0.05, 0.1) is 36.7 Å². The van der Waals surface area contributed by atoms with Crippen molar-refractivity contribution in [3.8, 4) is 17.3 Å². The summed E-state index contributed by atoms with van der Waals surface area (Å²) in [6.45, 7) is 6.55. The molecule has 3 heterocycles. The van der Waals surface area contributed by atoms with Crippen molar-refractivity contribution in [3.63, 3.8) is 0 Å². The highest BCUT2D eigenvalue weighted by Crippen LogP contribution is 2.44. The molecule has 3 aromatic heterocycles. The normalized spacial score (nSPS) is 14.5. The Morgan fingerprint density at radius 3 is 2.71 bits per heavy atom. The summed E-state index contributed by atoms with van der Waals surface area (Å²) in [5, 5.41) is 1.03. The minimum atomic E-state index is -0.421. The second-order valence-corrected chi connectivity index (χ2v) is 8.77. The molecule has 0 bridgehead atoms. The van der Waals surface area contributed by atoms with Crippen molar-refractivity contribution in [2.45, 2.75) is 44.8 Å². The summed E-state index contributed by atoms with van der Waals surface area (Å²) < 4.78 is 15.1. The number of esters is 1. The minimum absolute atomic E-state index is 0.160. The quantitative estimate of drug-likeness (QED) is 0.301. The van der Waals surface area contributed by atoms with Crippen LogP contribution in [0.3, 0.4) is 0 Å². The van der Waals surface area contributed by atoms with Crippen LogP contribution in [0.5, 0.6) is 5.75 Å². The minimum Gasteiger partial charge on any atom is -0.494 e. The second kappa shape index (κ2) is 8.61. The number of nitrogens with zero attached hydrogens (tertiary/aromatic N) is 4. The van der Waals surface area contributed by atoms with E-state index in [0.29, 0.717) is 22.9 Å². The molecule has 1 aliphatic carbocycles. The van der Waals surface area contributed by atoms with Gasteiger partial charge in [-0.05, 0) is 56.5 Å². The number of ether oxygens (including phenoxy) is 2. The maximum atomic E-state index is 12.3. The molecule has 1 aromatic carbocycles. The first-order valence-corrected chi connectivity index (χ1v) is 11.5. The number of hydrogen-bond acceptors (Lipinski definition) is 6. The highest BCUT2D eigenvalue weighted by atomic mass is 16.5. The summed E-state index contributed by atoms with van der Waals surface area (Å²) in [5.41, 5.74) is 10.8. The molecule has 0 aliphatic heterocycles. The molecule has 0 saturated heterocycles. The highest BCUT2D eigenvalue weighted by Gasteiger charge is 2.32. The van der Waals surface area contributed by atoms with Gasteiger partial charge >= 0.3 is 5.97 Å². The van der Waals surface area contributed by atoms with E-state index < -0.39 is 5.97 Å². The van der Waals surface area contributed by atoms with Crippen LogP contribution in [0.4, 0.5) is 0 Å². The number of hydrogen-bond donors (Lipinski definition) is 1. The molecule has 4 aromatic rings. The van der Waals surface area contributed by atoms with Crippen LogP contribution in [0.2, 0.25) is 0 Å². The monoisotopic (exact) mass is 459 g/mol. The molecule has 1 saturated carbocycles. The molecule has 2 N–H and O–H groups in total. The second-order valence-electron chi connectivity index (χ2n) is 8.77. The molecule has 1 atom stereocenters. The lowest BCUT2D eigenvalue weighted by molar-refractivity contribution is 0.0600. The Balaban J connectivity index is 1.79. The molecule has 8 heteroatoms. The Morgan fingerprint density at radius 2 is 2.06 bits per heavy atom. The number of carbonyl (C=O) groups excluding carboxylic acids is 1. The van der Waals surface area contributed by atoms with Gasteiger partial charge in [-0.2, -0.15) is 0 Å². The van der Waals surface area contributed by atoms with Crippen LogP contribution >= 0.6 is 0 Å². The predicted octanol–water partition coefficient (Wildman–Crippen LogP) is 4.78. The third-order valence-corrected chi connectivity index (χ3v) is 6.32. The van der Waals surface area contributed by atoms with Gasteiger partial charge in [-0.3, -0.25) is 0 Å². The van der Waals surface area contributed by atoms with Gasteiger partial charge in [0.15, 0.2) is 5.82 Å². The fourth-order valence-corrected chi connectivity index (χ4v) is 4.48. The van der Waals surface area contributed by atoms with E-state index in [1.165, 1.54) is 7.11 Å². The smallest absolute Gasteiger partial charge is 0.338 e. The van der Waals surface area contributed by atoms with Gasteiger partial charge in [0.1, 0.15) is 16.9 Å². The predicted molar refractivity (Wildman–Crippen MR) is 132 cm³/mol. The number of nitrogens with two attached hydrogens (primary N) is 1. The van der Waals surface area contributed by atoms with Crippen molar-refractivity contribution in [2.24, 2.45) is 5.73 Å². The van der Waals surface area contributed by atoms with Gasteiger partial charge in [-0.15, -0.1) is 6.58 Å². The Kier molecular flexibility index (Phi) is 5.61. The molecule has 34 heavy (non-hydrogen) atoms. The third kappa shape index (κ3) is 3.64. The first-order chi connectivity index (χ1) is 16.5. The molecule has 0 radical (unpaired) electrons. The summed E-state index contributed by atoms with van der Waals surface area (Å²) >= 11 is 0. The maximum absolute atomic E-state index is 12.3. The number of allylic oxidation sites excluding steroid dienone is 1. The molecule has 0 spiro atoms. The summed E-state index contributed by atoms with van der Waals surface area (Å²) in [4.78, 5) is 22.2. The Labute approximate surface area is 198 Å². The lowest BCUT2D eigenvalue weighted by atomic mass is 10.2. The van der Waals surface area contributed by atoms with Crippen molar-refractivity contribution < 1.29 is 14.3 Å². The van der Waals surface area contributed by atoms with E-state index in [-0.39, 0.29) is 6.04 Å². The summed E-state index contributed by atoms with van der Waals surface area (Å²) in [7, 11) is 2.98. The largest absolute Gasteiger partial charge is 0.494 e. The van der Waals surface area contributed by atoms with Gasteiger partial charge in [-0.1, -0.05) is 6.08 Å². The number of pyridine rings is 1. The van der Waals surface area contributed by atoms with E-state index in [1.54, 1.807) is 19.2 Å². The molecular formula is C26H29N5O3. The van der Waals surface area contributed by atoms with Crippen LogP contribution < -0.4 is 10.5 Å². The van der Waals surface area contributed by atoms with Gasteiger partial charge in [0.25, 0.3) is 0 Å². The van der Waals surface area contributed by atoms with Crippen molar-refractivity contribution in [3.05, 3.63) is 54.2 Å². The number of aryl methyl sites for hydroxylation is 1. The Morgan fingerprint density at radius 1 is 1.26 bits per heavy atom. The van der Waals surface area contributed by atoms with E-state index in [1.807, 2.05) is 19.1 Å². The zero-order valence-electron chi connectivity index (χ0n) is 19.7. The number of methoxy groups -OCH3 is 2. The number of imidazole rings is 1. The fourth-order valence-electron chi connectivity index (χ4n) is 4.48. The van der Waals surface area contributed by atoms with Crippen LogP contribution in [-0.2, 0) is 11.3 Å². The average molecular weight is 460 g/mol. The number of fused-ring (bicyclic) bond motifs is 2. The summed E-state index contributed by atoms with van der Waals surface area (Å²) in [6, 6.07) is 9.84. The van der Waals surface area contributed by atoms with E-state index in [2.05, 4.69) is 27.8 Å². The molecule has 0 amide bonds. The zero-order chi connectivity index (χ0) is 24.0. The highest BCUT2D eigenvalue weighted by molar-refractivity contribution is 5.97. The van der Waals surface area contributed by atoms with Crippen molar-refractivity contribution in [2.75, 3.05) is 14.2 Å². The number of carbonyl (C=O) groups is 1. The molecule has 1 aliphatic rings. The average Bonchev–Trinajstić information content (AvgIpc) is 3.51. The van der Waals surface area contributed by atoms with Crippen LogP contribution in [-0.4, -0.2) is 39.3 Å². The molecule has 0 unspecified atom stereocenters. The molecule has 5 rings (SSSR count). The van der Waals surface area contributed by atoms with E-state index in [0.717, 1.165) is 59.6 Å². The summed E-state index contributed by atoms with van der Waals surface area (Å²) in [5.74, 6) is 1.02. The fraction of sp³-hybridized carbons (Fsp3) is 0.346. The first-order valence-electron chi connectivity index (χ1n) is 11.5. The van der Waals surface area contributed by atoms with E-state index in [9.17, 15) is 4.79 Å². The number of rotatable bonds is 8. The summed E-state index contributed by atoms with van der Waals surface area (Å²) in [6.07, 6.45) is 4.83. The van der Waals surface area contributed by atoms with Gasteiger partial charge in [0.2, 0.25) is 0 Å². The number of aromatic nitrogens is 4. The van der Waals surface area contributed by atoms with Crippen molar-refractivity contribution in [1.29, 1.82) is 0 Å². The lowest BCUT2D eigenvalue weighted by Gasteiger charge is -2.13. The van der Waals surface area contributed by atoms with E-state index >= 15 is 0 Å².